The quantitative estimate of drug-likeness (QED) is 0.881. The summed E-state index contributed by atoms with van der Waals surface area (Å²) >= 11 is 0. The molecule has 136 valence electrons. The summed E-state index contributed by atoms with van der Waals surface area (Å²) in [4.78, 5) is 19.2. The lowest BCUT2D eigenvalue weighted by Crippen LogP contribution is -2.43. The average molecular weight is 344 g/mol. The highest BCUT2D eigenvalue weighted by Gasteiger charge is 2.42. The number of hydrogen-bond donors (Lipinski definition) is 2. The van der Waals surface area contributed by atoms with Gasteiger partial charge in [0, 0.05) is 25.3 Å². The van der Waals surface area contributed by atoms with Gasteiger partial charge >= 0.3 is 6.03 Å². The van der Waals surface area contributed by atoms with E-state index in [0.29, 0.717) is 19.1 Å². The van der Waals surface area contributed by atoms with Crippen LogP contribution < -0.4 is 15.5 Å². The molecule has 4 rings (SSSR count). The molecule has 3 fully saturated rings. The third kappa shape index (κ3) is 3.59. The first-order valence-electron chi connectivity index (χ1n) is 9.56. The van der Waals surface area contributed by atoms with Gasteiger partial charge in [0.2, 0.25) is 0 Å². The molecule has 0 unspecified atom stereocenters. The number of nitrogens with zero attached hydrogens (tertiary/aromatic N) is 2. The number of morpholine rings is 1. The molecule has 2 saturated carbocycles. The Bertz CT molecular complexity index is 617. The van der Waals surface area contributed by atoms with Crippen LogP contribution in [0.1, 0.15) is 32.6 Å². The number of pyridine rings is 1. The van der Waals surface area contributed by atoms with Crippen LogP contribution in [0, 0.1) is 17.8 Å². The van der Waals surface area contributed by atoms with Crippen molar-refractivity contribution in [2.45, 2.75) is 38.6 Å². The number of fused-ring (bicyclic) bond motifs is 2. The third-order valence-corrected chi connectivity index (χ3v) is 6.14. The SMILES string of the molecule is C[C@H](NC(=O)Nc1cccnc1N1CCOCC1)[C@H]1C[C@H]2CC[C@H]1C2. The van der Waals surface area contributed by atoms with Crippen molar-refractivity contribution in [3.05, 3.63) is 18.3 Å². The summed E-state index contributed by atoms with van der Waals surface area (Å²) in [6.45, 7) is 5.15. The van der Waals surface area contributed by atoms with Gasteiger partial charge in [-0.3, -0.25) is 0 Å². The fourth-order valence-corrected chi connectivity index (χ4v) is 4.90. The summed E-state index contributed by atoms with van der Waals surface area (Å²) in [6.07, 6.45) is 7.14. The number of ether oxygens (including phenoxy) is 1. The maximum atomic E-state index is 12.5. The number of amides is 2. The molecule has 0 radical (unpaired) electrons. The predicted octanol–water partition coefficient (Wildman–Crippen LogP) is 2.86. The summed E-state index contributed by atoms with van der Waals surface area (Å²) in [5.74, 6) is 3.17. The van der Waals surface area contributed by atoms with E-state index in [1.165, 1.54) is 25.7 Å². The smallest absolute Gasteiger partial charge is 0.319 e. The van der Waals surface area contributed by atoms with Crippen LogP contribution in [0.4, 0.5) is 16.3 Å². The van der Waals surface area contributed by atoms with Crippen LogP contribution >= 0.6 is 0 Å². The first kappa shape index (κ1) is 16.6. The molecule has 6 nitrogen and oxygen atoms in total. The third-order valence-electron chi connectivity index (χ3n) is 6.14. The van der Waals surface area contributed by atoms with E-state index in [2.05, 4.69) is 27.4 Å². The number of rotatable bonds is 4. The molecule has 2 heterocycles. The Balaban J connectivity index is 1.37. The van der Waals surface area contributed by atoms with Crippen LogP contribution in [-0.2, 0) is 4.74 Å². The Morgan fingerprint density at radius 1 is 1.32 bits per heavy atom. The Morgan fingerprint density at radius 2 is 2.16 bits per heavy atom. The molecule has 3 aliphatic rings. The van der Waals surface area contributed by atoms with Crippen LogP contribution in [0.25, 0.3) is 0 Å². The molecule has 1 aromatic heterocycles. The van der Waals surface area contributed by atoms with Crippen molar-refractivity contribution in [1.29, 1.82) is 0 Å². The van der Waals surface area contributed by atoms with Crippen LogP contribution in [0.3, 0.4) is 0 Å². The molecule has 4 atom stereocenters. The van der Waals surface area contributed by atoms with Gasteiger partial charge in [-0.1, -0.05) is 6.42 Å². The van der Waals surface area contributed by atoms with Gasteiger partial charge < -0.3 is 20.3 Å². The molecule has 2 bridgehead atoms. The van der Waals surface area contributed by atoms with Crippen molar-refractivity contribution in [2.24, 2.45) is 17.8 Å². The summed E-state index contributed by atoms with van der Waals surface area (Å²) in [5.41, 5.74) is 0.766. The summed E-state index contributed by atoms with van der Waals surface area (Å²) in [6, 6.07) is 3.87. The predicted molar refractivity (Wildman–Crippen MR) is 97.8 cm³/mol. The van der Waals surface area contributed by atoms with E-state index in [-0.39, 0.29) is 12.1 Å². The lowest BCUT2D eigenvalue weighted by Gasteiger charge is -2.30. The highest BCUT2D eigenvalue weighted by molar-refractivity contribution is 5.92. The summed E-state index contributed by atoms with van der Waals surface area (Å²) in [5, 5.41) is 6.18. The highest BCUT2D eigenvalue weighted by Crippen LogP contribution is 2.49. The number of nitrogens with one attached hydrogen (secondary N) is 2. The van der Waals surface area contributed by atoms with Crippen LogP contribution in [-0.4, -0.2) is 43.4 Å². The van der Waals surface area contributed by atoms with Crippen molar-refractivity contribution in [1.82, 2.24) is 10.3 Å². The van der Waals surface area contributed by atoms with Crippen LogP contribution in [0.2, 0.25) is 0 Å². The fourth-order valence-electron chi connectivity index (χ4n) is 4.90. The number of anilines is 2. The number of carbonyl (C=O) groups is 1. The lowest BCUT2D eigenvalue weighted by atomic mass is 9.84. The van der Waals surface area contributed by atoms with E-state index >= 15 is 0 Å². The maximum absolute atomic E-state index is 12.5. The average Bonchev–Trinajstić information content (AvgIpc) is 3.26. The molecular formula is C19H28N4O2. The molecule has 1 saturated heterocycles. The van der Waals surface area contributed by atoms with E-state index < -0.39 is 0 Å². The normalized spacial score (nSPS) is 29.5. The zero-order valence-corrected chi connectivity index (χ0v) is 14.9. The molecule has 2 N–H and O–H groups in total. The zero-order chi connectivity index (χ0) is 17.2. The van der Waals surface area contributed by atoms with E-state index in [4.69, 9.17) is 4.74 Å². The second kappa shape index (κ2) is 7.20. The molecule has 1 aromatic rings. The number of carbonyl (C=O) groups excluding carboxylic acids is 1. The molecule has 6 heteroatoms. The van der Waals surface area contributed by atoms with Gasteiger partial charge in [-0.15, -0.1) is 0 Å². The van der Waals surface area contributed by atoms with Gasteiger partial charge in [-0.2, -0.15) is 0 Å². The van der Waals surface area contributed by atoms with Crippen molar-refractivity contribution in [3.8, 4) is 0 Å². The van der Waals surface area contributed by atoms with E-state index in [9.17, 15) is 4.79 Å². The van der Waals surface area contributed by atoms with Crippen molar-refractivity contribution in [3.63, 3.8) is 0 Å². The molecule has 2 aliphatic carbocycles. The summed E-state index contributed by atoms with van der Waals surface area (Å²) < 4.78 is 5.41. The number of urea groups is 1. The lowest BCUT2D eigenvalue weighted by molar-refractivity contribution is 0.122. The van der Waals surface area contributed by atoms with Crippen molar-refractivity contribution in [2.75, 3.05) is 36.5 Å². The van der Waals surface area contributed by atoms with Crippen LogP contribution in [0.15, 0.2) is 18.3 Å². The Kier molecular flexibility index (Phi) is 4.79. The van der Waals surface area contributed by atoms with Gasteiger partial charge in [0.25, 0.3) is 0 Å². The Hall–Kier alpha value is -1.82. The van der Waals surface area contributed by atoms with E-state index in [1.54, 1.807) is 6.20 Å². The molecule has 0 spiro atoms. The second-order valence-electron chi connectivity index (χ2n) is 7.70. The highest BCUT2D eigenvalue weighted by atomic mass is 16.5. The molecule has 0 aromatic carbocycles. The Labute approximate surface area is 149 Å². The largest absolute Gasteiger partial charge is 0.378 e. The molecular weight excluding hydrogens is 316 g/mol. The number of hydrogen-bond acceptors (Lipinski definition) is 4. The molecule has 25 heavy (non-hydrogen) atoms. The maximum Gasteiger partial charge on any atom is 0.319 e. The van der Waals surface area contributed by atoms with Crippen molar-refractivity contribution >= 4 is 17.5 Å². The van der Waals surface area contributed by atoms with E-state index in [1.807, 2.05) is 12.1 Å². The minimum absolute atomic E-state index is 0.127. The molecule has 1 aliphatic heterocycles. The van der Waals surface area contributed by atoms with Gasteiger partial charge in [-0.05, 0) is 56.1 Å². The van der Waals surface area contributed by atoms with Crippen molar-refractivity contribution < 1.29 is 9.53 Å². The second-order valence-corrected chi connectivity index (χ2v) is 7.70. The van der Waals surface area contributed by atoms with E-state index in [0.717, 1.165) is 36.4 Å². The van der Waals surface area contributed by atoms with Gasteiger partial charge in [0.15, 0.2) is 5.82 Å². The van der Waals surface area contributed by atoms with Crippen LogP contribution in [0.5, 0.6) is 0 Å². The topological polar surface area (TPSA) is 66.5 Å². The monoisotopic (exact) mass is 344 g/mol. The Morgan fingerprint density at radius 3 is 2.88 bits per heavy atom. The first-order valence-corrected chi connectivity index (χ1v) is 9.56. The first-order chi connectivity index (χ1) is 12.2. The molecule has 2 amide bonds. The van der Waals surface area contributed by atoms with Gasteiger partial charge in [0.1, 0.15) is 0 Å². The number of aromatic nitrogens is 1. The standard InChI is InChI=1S/C19H28N4O2/c1-13(16-12-14-4-5-15(16)11-14)21-19(24)22-17-3-2-6-20-18(17)23-7-9-25-10-8-23/h2-3,6,13-16H,4-5,7-12H2,1H3,(H2,21,22,24)/t13-,14-,15-,16+/m0/s1. The van der Waals surface area contributed by atoms with Gasteiger partial charge in [-0.25, -0.2) is 9.78 Å². The van der Waals surface area contributed by atoms with Gasteiger partial charge in [0.05, 0.1) is 18.9 Å². The minimum Gasteiger partial charge on any atom is -0.378 e. The minimum atomic E-state index is -0.127. The zero-order valence-electron chi connectivity index (χ0n) is 14.9. The fraction of sp³-hybridized carbons (Fsp3) is 0.684. The summed E-state index contributed by atoms with van der Waals surface area (Å²) in [7, 11) is 0.